The van der Waals surface area contributed by atoms with Crippen LogP contribution in [-0.2, 0) is 0 Å². The molecule has 0 heterocycles. The molecule has 0 atom stereocenters. The van der Waals surface area contributed by atoms with E-state index in [2.05, 4.69) is 38.8 Å². The maximum atomic E-state index is 6.32. The standard InChI is InChI=1S/C18H30N2O/c1-5-13-21-16-8-6-7-15(17(16)19)20(4)14-9-11-18(2,3)12-10-14/h6-8,14H,5,9-13,19H2,1-4H3. The van der Waals surface area contributed by atoms with Crippen LogP contribution < -0.4 is 15.4 Å². The van der Waals surface area contributed by atoms with Crippen LogP contribution in [0.25, 0.3) is 0 Å². The second-order valence-electron chi connectivity index (χ2n) is 7.04. The molecule has 3 nitrogen and oxygen atoms in total. The molecule has 0 unspecified atom stereocenters. The van der Waals surface area contributed by atoms with E-state index in [1.807, 2.05) is 12.1 Å². The summed E-state index contributed by atoms with van der Waals surface area (Å²) >= 11 is 0. The van der Waals surface area contributed by atoms with Gasteiger partial charge >= 0.3 is 0 Å². The van der Waals surface area contributed by atoms with Gasteiger partial charge in [0.05, 0.1) is 18.0 Å². The number of ether oxygens (including phenoxy) is 1. The Morgan fingerprint density at radius 3 is 2.57 bits per heavy atom. The van der Waals surface area contributed by atoms with Crippen LogP contribution in [-0.4, -0.2) is 19.7 Å². The van der Waals surface area contributed by atoms with E-state index in [9.17, 15) is 0 Å². The summed E-state index contributed by atoms with van der Waals surface area (Å²) < 4.78 is 5.75. The quantitative estimate of drug-likeness (QED) is 0.814. The van der Waals surface area contributed by atoms with E-state index in [1.165, 1.54) is 25.7 Å². The lowest BCUT2D eigenvalue weighted by Gasteiger charge is -2.40. The zero-order valence-electron chi connectivity index (χ0n) is 14.0. The molecular weight excluding hydrogens is 260 g/mol. The Labute approximate surface area is 129 Å². The summed E-state index contributed by atoms with van der Waals surface area (Å²) in [5.74, 6) is 0.817. The van der Waals surface area contributed by atoms with Crippen LogP contribution in [0.4, 0.5) is 11.4 Å². The number of nitrogens with zero attached hydrogens (tertiary/aromatic N) is 1. The molecule has 2 rings (SSSR count). The van der Waals surface area contributed by atoms with Crippen molar-refractivity contribution in [2.75, 3.05) is 24.3 Å². The third kappa shape index (κ3) is 3.84. The number of nitrogens with two attached hydrogens (primary N) is 1. The van der Waals surface area contributed by atoms with Gasteiger partial charge in [0.2, 0.25) is 0 Å². The number of para-hydroxylation sites is 1. The smallest absolute Gasteiger partial charge is 0.144 e. The lowest BCUT2D eigenvalue weighted by molar-refractivity contribution is 0.222. The fraction of sp³-hybridized carbons (Fsp3) is 0.667. The summed E-state index contributed by atoms with van der Waals surface area (Å²) in [5.41, 5.74) is 8.69. The van der Waals surface area contributed by atoms with Crippen molar-refractivity contribution in [2.24, 2.45) is 5.41 Å². The monoisotopic (exact) mass is 290 g/mol. The van der Waals surface area contributed by atoms with E-state index in [0.717, 1.165) is 30.2 Å². The van der Waals surface area contributed by atoms with Gasteiger partial charge in [0.1, 0.15) is 5.75 Å². The van der Waals surface area contributed by atoms with Gasteiger partial charge in [-0.05, 0) is 49.7 Å². The van der Waals surface area contributed by atoms with E-state index in [0.29, 0.717) is 11.5 Å². The van der Waals surface area contributed by atoms with Gasteiger partial charge in [-0.15, -0.1) is 0 Å². The third-order valence-corrected chi connectivity index (χ3v) is 4.74. The molecule has 1 aromatic carbocycles. The maximum absolute atomic E-state index is 6.32. The van der Waals surface area contributed by atoms with Gasteiger partial charge < -0.3 is 15.4 Å². The van der Waals surface area contributed by atoms with Crippen LogP contribution in [0.15, 0.2) is 18.2 Å². The summed E-state index contributed by atoms with van der Waals surface area (Å²) in [7, 11) is 2.16. The molecule has 0 aliphatic heterocycles. The molecule has 0 radical (unpaired) electrons. The summed E-state index contributed by atoms with van der Waals surface area (Å²) in [5, 5.41) is 0. The van der Waals surface area contributed by atoms with Crippen molar-refractivity contribution in [3.63, 3.8) is 0 Å². The number of hydrogen-bond donors (Lipinski definition) is 1. The topological polar surface area (TPSA) is 38.5 Å². The molecule has 1 fully saturated rings. The van der Waals surface area contributed by atoms with Crippen LogP contribution in [0.2, 0.25) is 0 Å². The molecule has 0 amide bonds. The van der Waals surface area contributed by atoms with E-state index in [4.69, 9.17) is 10.5 Å². The normalized spacial score (nSPS) is 18.5. The Morgan fingerprint density at radius 2 is 1.95 bits per heavy atom. The fourth-order valence-electron chi connectivity index (χ4n) is 3.15. The third-order valence-electron chi connectivity index (χ3n) is 4.74. The molecule has 1 saturated carbocycles. The largest absolute Gasteiger partial charge is 0.491 e. The van der Waals surface area contributed by atoms with E-state index < -0.39 is 0 Å². The first kappa shape index (κ1) is 16.0. The lowest BCUT2D eigenvalue weighted by Crippen LogP contribution is -2.37. The van der Waals surface area contributed by atoms with Gasteiger partial charge in [-0.25, -0.2) is 0 Å². The Balaban J connectivity index is 2.10. The Bertz CT molecular complexity index is 460. The fourth-order valence-corrected chi connectivity index (χ4v) is 3.15. The number of rotatable bonds is 5. The predicted octanol–water partition coefficient (Wildman–Crippen LogP) is 4.46. The highest BCUT2D eigenvalue weighted by Crippen LogP contribution is 2.40. The summed E-state index contributed by atoms with van der Waals surface area (Å²) in [6.07, 6.45) is 6.05. The second-order valence-corrected chi connectivity index (χ2v) is 7.04. The SMILES string of the molecule is CCCOc1cccc(N(C)C2CCC(C)(C)CC2)c1N. The lowest BCUT2D eigenvalue weighted by atomic mass is 9.75. The zero-order valence-corrected chi connectivity index (χ0v) is 14.0. The molecule has 0 bridgehead atoms. The zero-order chi connectivity index (χ0) is 15.5. The van der Waals surface area contributed by atoms with Gasteiger partial charge in [-0.3, -0.25) is 0 Å². The first-order valence-electron chi connectivity index (χ1n) is 8.19. The molecule has 1 aliphatic rings. The second kappa shape index (κ2) is 6.59. The first-order valence-corrected chi connectivity index (χ1v) is 8.19. The molecule has 0 aromatic heterocycles. The van der Waals surface area contributed by atoms with Crippen molar-refractivity contribution in [3.05, 3.63) is 18.2 Å². The minimum atomic E-state index is 0.495. The van der Waals surface area contributed by atoms with Crippen LogP contribution in [0.3, 0.4) is 0 Å². The molecule has 0 saturated heterocycles. The Morgan fingerprint density at radius 1 is 1.29 bits per heavy atom. The Hall–Kier alpha value is -1.38. The first-order chi connectivity index (χ1) is 9.94. The molecule has 118 valence electrons. The van der Waals surface area contributed by atoms with E-state index in [-0.39, 0.29) is 0 Å². The van der Waals surface area contributed by atoms with Crippen molar-refractivity contribution in [1.29, 1.82) is 0 Å². The summed E-state index contributed by atoms with van der Waals surface area (Å²) in [6.45, 7) is 7.57. The van der Waals surface area contributed by atoms with E-state index in [1.54, 1.807) is 0 Å². The van der Waals surface area contributed by atoms with Crippen LogP contribution in [0.1, 0.15) is 52.9 Å². The molecule has 3 heteroatoms. The van der Waals surface area contributed by atoms with Crippen LogP contribution >= 0.6 is 0 Å². The van der Waals surface area contributed by atoms with Crippen molar-refractivity contribution < 1.29 is 4.74 Å². The van der Waals surface area contributed by atoms with Crippen LogP contribution in [0.5, 0.6) is 5.75 Å². The number of nitrogen functional groups attached to an aromatic ring is 1. The van der Waals surface area contributed by atoms with Gasteiger partial charge in [0.25, 0.3) is 0 Å². The number of hydrogen-bond acceptors (Lipinski definition) is 3. The maximum Gasteiger partial charge on any atom is 0.144 e. The van der Waals surface area contributed by atoms with Crippen molar-refractivity contribution in [2.45, 2.75) is 58.9 Å². The summed E-state index contributed by atoms with van der Waals surface area (Å²) in [6, 6.07) is 6.70. The minimum Gasteiger partial charge on any atom is -0.491 e. The van der Waals surface area contributed by atoms with Crippen molar-refractivity contribution in [3.8, 4) is 5.75 Å². The average molecular weight is 290 g/mol. The molecular formula is C18H30N2O. The van der Waals surface area contributed by atoms with Gasteiger partial charge in [0, 0.05) is 13.1 Å². The molecule has 1 aliphatic carbocycles. The highest BCUT2D eigenvalue weighted by molar-refractivity contribution is 5.74. The predicted molar refractivity (Wildman–Crippen MR) is 91.1 cm³/mol. The van der Waals surface area contributed by atoms with Gasteiger partial charge in [-0.2, -0.15) is 0 Å². The summed E-state index contributed by atoms with van der Waals surface area (Å²) in [4.78, 5) is 2.35. The van der Waals surface area contributed by atoms with Crippen molar-refractivity contribution in [1.82, 2.24) is 0 Å². The highest BCUT2D eigenvalue weighted by Gasteiger charge is 2.29. The van der Waals surface area contributed by atoms with Crippen molar-refractivity contribution >= 4 is 11.4 Å². The van der Waals surface area contributed by atoms with Gasteiger partial charge in [-0.1, -0.05) is 26.8 Å². The Kier molecular flexibility index (Phi) is 5.02. The molecule has 0 spiro atoms. The minimum absolute atomic E-state index is 0.495. The molecule has 21 heavy (non-hydrogen) atoms. The number of benzene rings is 1. The number of anilines is 2. The molecule has 1 aromatic rings. The average Bonchev–Trinajstić information content (AvgIpc) is 2.45. The van der Waals surface area contributed by atoms with Crippen LogP contribution in [0, 0.1) is 5.41 Å². The van der Waals surface area contributed by atoms with E-state index >= 15 is 0 Å². The van der Waals surface area contributed by atoms with Gasteiger partial charge in [0.15, 0.2) is 0 Å². The molecule has 2 N–H and O–H groups in total. The highest BCUT2D eigenvalue weighted by atomic mass is 16.5.